The second kappa shape index (κ2) is 7.55. The van der Waals surface area contributed by atoms with E-state index in [1.807, 2.05) is 22.7 Å². The lowest BCUT2D eigenvalue weighted by atomic mass is 9.76. The van der Waals surface area contributed by atoms with E-state index in [0.717, 1.165) is 31.5 Å². The Kier molecular flexibility index (Phi) is 5.69. The first-order chi connectivity index (χ1) is 12.6. The fraction of sp³-hybridized carbons (Fsp3) is 0.810. The van der Waals surface area contributed by atoms with E-state index in [1.54, 1.807) is 0 Å². The van der Waals surface area contributed by atoms with Crippen molar-refractivity contribution < 1.29 is 14.6 Å². The number of piperidine rings is 1. The molecule has 0 aromatic carbocycles. The summed E-state index contributed by atoms with van der Waals surface area (Å²) in [6.07, 6.45) is 5.55. The van der Waals surface area contributed by atoms with Crippen LogP contribution in [-0.2, 0) is 11.3 Å². The van der Waals surface area contributed by atoms with E-state index in [2.05, 4.69) is 32.8 Å². The monoisotopic (exact) mass is 377 g/mol. The number of aryl methyl sites for hydroxylation is 2. The Morgan fingerprint density at radius 3 is 2.63 bits per heavy atom. The van der Waals surface area contributed by atoms with E-state index >= 15 is 0 Å². The molecule has 3 heterocycles. The topological polar surface area (TPSA) is 67.6 Å². The molecule has 1 N–H and O–H groups in total. The number of hydrogen-bond acceptors (Lipinski definition) is 4. The zero-order chi connectivity index (χ0) is 19.8. The van der Waals surface area contributed by atoms with Gasteiger partial charge in [-0.25, -0.2) is 0 Å². The van der Waals surface area contributed by atoms with Gasteiger partial charge in [-0.1, -0.05) is 27.7 Å². The van der Waals surface area contributed by atoms with Crippen LogP contribution in [0.5, 0.6) is 0 Å². The maximum atomic E-state index is 13.0. The number of nitrogens with zero attached hydrogens (tertiary/aromatic N) is 3. The predicted octanol–water partition coefficient (Wildman–Crippen LogP) is 3.16. The van der Waals surface area contributed by atoms with Gasteiger partial charge in [0.25, 0.3) is 5.91 Å². The Labute approximate surface area is 162 Å². The number of ether oxygens (including phenoxy) is 1. The molecule has 6 heteroatoms. The first-order valence-electron chi connectivity index (χ1n) is 10.3. The van der Waals surface area contributed by atoms with Gasteiger partial charge in [0, 0.05) is 38.7 Å². The Morgan fingerprint density at radius 2 is 2.04 bits per heavy atom. The molecular weight excluding hydrogens is 342 g/mol. The van der Waals surface area contributed by atoms with Crippen LogP contribution in [-0.4, -0.2) is 56.6 Å². The minimum atomic E-state index is -0.320. The molecule has 1 spiro atoms. The Morgan fingerprint density at radius 1 is 1.37 bits per heavy atom. The third-order valence-corrected chi connectivity index (χ3v) is 6.04. The number of hydrogen-bond donors (Lipinski definition) is 1. The van der Waals surface area contributed by atoms with Crippen LogP contribution in [0, 0.1) is 12.3 Å². The largest absolute Gasteiger partial charge is 0.393 e. The summed E-state index contributed by atoms with van der Waals surface area (Å²) in [6.45, 7) is 12.7. The molecule has 152 valence electrons. The molecule has 2 saturated heterocycles. The molecule has 0 bridgehead atoms. The van der Waals surface area contributed by atoms with E-state index in [-0.39, 0.29) is 29.1 Å². The van der Waals surface area contributed by atoms with Gasteiger partial charge in [0.05, 0.1) is 29.1 Å². The molecule has 27 heavy (non-hydrogen) atoms. The number of carbonyl (C=O) groups excluding carboxylic acids is 1. The molecular formula is C21H35N3O3. The SMILES string of the molecule is CCCn1cc(C(=O)N2CCC3(CC2)C[C@H](O)C[C@H](C(C)(C)C)O3)c(C)n1. The number of rotatable bonds is 3. The van der Waals surface area contributed by atoms with E-state index in [4.69, 9.17) is 4.74 Å². The van der Waals surface area contributed by atoms with E-state index in [0.29, 0.717) is 31.5 Å². The van der Waals surface area contributed by atoms with Crippen molar-refractivity contribution in [1.29, 1.82) is 0 Å². The summed E-state index contributed by atoms with van der Waals surface area (Å²) in [6, 6.07) is 0. The van der Waals surface area contributed by atoms with Crippen molar-refractivity contribution >= 4 is 5.91 Å². The van der Waals surface area contributed by atoms with Crippen LogP contribution in [0.2, 0.25) is 0 Å². The molecule has 1 aromatic heterocycles. The van der Waals surface area contributed by atoms with Crippen LogP contribution in [0.1, 0.15) is 75.9 Å². The van der Waals surface area contributed by atoms with Crippen molar-refractivity contribution in [2.75, 3.05) is 13.1 Å². The molecule has 1 amide bonds. The second-order valence-electron chi connectivity index (χ2n) is 9.43. The molecule has 2 fully saturated rings. The Hall–Kier alpha value is -1.40. The fourth-order valence-corrected chi connectivity index (χ4v) is 4.37. The van der Waals surface area contributed by atoms with Crippen molar-refractivity contribution in [3.05, 3.63) is 17.5 Å². The Bertz CT molecular complexity index is 669. The van der Waals surface area contributed by atoms with Crippen LogP contribution in [0.4, 0.5) is 0 Å². The van der Waals surface area contributed by atoms with E-state index in [1.165, 1.54) is 0 Å². The minimum absolute atomic E-state index is 0.00628. The molecule has 3 rings (SSSR count). The summed E-state index contributed by atoms with van der Waals surface area (Å²) in [5.74, 6) is 0.0634. The maximum Gasteiger partial charge on any atom is 0.257 e. The van der Waals surface area contributed by atoms with Crippen molar-refractivity contribution in [1.82, 2.24) is 14.7 Å². The molecule has 6 nitrogen and oxygen atoms in total. The first-order valence-corrected chi connectivity index (χ1v) is 10.3. The Balaban J connectivity index is 1.67. The molecule has 2 atom stereocenters. The van der Waals surface area contributed by atoms with Crippen LogP contribution < -0.4 is 0 Å². The fourth-order valence-electron chi connectivity index (χ4n) is 4.37. The van der Waals surface area contributed by atoms with E-state index in [9.17, 15) is 9.90 Å². The highest BCUT2D eigenvalue weighted by molar-refractivity contribution is 5.95. The quantitative estimate of drug-likeness (QED) is 0.879. The maximum absolute atomic E-state index is 13.0. The van der Waals surface area contributed by atoms with Crippen LogP contribution in [0.3, 0.4) is 0 Å². The highest BCUT2D eigenvalue weighted by atomic mass is 16.5. The number of amides is 1. The van der Waals surface area contributed by atoms with Gasteiger partial charge >= 0.3 is 0 Å². The molecule has 2 aliphatic heterocycles. The van der Waals surface area contributed by atoms with Crippen molar-refractivity contribution in [3.63, 3.8) is 0 Å². The minimum Gasteiger partial charge on any atom is -0.393 e. The average Bonchev–Trinajstić information content (AvgIpc) is 2.94. The zero-order valence-electron chi connectivity index (χ0n) is 17.5. The van der Waals surface area contributed by atoms with Gasteiger partial charge in [-0.15, -0.1) is 0 Å². The molecule has 1 aromatic rings. The summed E-state index contributed by atoms with van der Waals surface area (Å²) >= 11 is 0. The van der Waals surface area contributed by atoms with Crippen LogP contribution in [0.25, 0.3) is 0 Å². The highest BCUT2D eigenvalue weighted by Gasteiger charge is 2.46. The molecule has 0 radical (unpaired) electrons. The van der Waals surface area contributed by atoms with Gasteiger partial charge in [-0.3, -0.25) is 9.48 Å². The van der Waals surface area contributed by atoms with Crippen LogP contribution >= 0.6 is 0 Å². The van der Waals surface area contributed by atoms with Gasteiger partial charge < -0.3 is 14.7 Å². The first kappa shape index (κ1) is 20.3. The standard InChI is InChI=1S/C21H35N3O3/c1-6-9-24-14-17(15(2)22-24)19(26)23-10-7-21(8-11-23)13-16(25)12-18(27-21)20(3,4)5/h14,16,18,25H,6-13H2,1-5H3/t16-,18-/m1/s1. The number of aliphatic hydroxyl groups excluding tert-OH is 1. The summed E-state index contributed by atoms with van der Waals surface area (Å²) < 4.78 is 8.39. The van der Waals surface area contributed by atoms with Crippen molar-refractivity contribution in [3.8, 4) is 0 Å². The number of aromatic nitrogens is 2. The zero-order valence-corrected chi connectivity index (χ0v) is 17.5. The van der Waals surface area contributed by atoms with Gasteiger partial charge in [0.15, 0.2) is 0 Å². The summed E-state index contributed by atoms with van der Waals surface area (Å²) in [7, 11) is 0. The molecule has 0 unspecified atom stereocenters. The number of aliphatic hydroxyl groups is 1. The van der Waals surface area contributed by atoms with Gasteiger partial charge in [0.1, 0.15) is 0 Å². The lowest BCUT2D eigenvalue weighted by Crippen LogP contribution is -2.55. The lowest BCUT2D eigenvalue weighted by molar-refractivity contribution is -0.205. The summed E-state index contributed by atoms with van der Waals surface area (Å²) in [5, 5.41) is 14.9. The molecule has 0 saturated carbocycles. The highest BCUT2D eigenvalue weighted by Crippen LogP contribution is 2.42. The van der Waals surface area contributed by atoms with Crippen molar-refractivity contribution in [2.24, 2.45) is 5.41 Å². The third kappa shape index (κ3) is 4.37. The number of likely N-dealkylation sites (tertiary alicyclic amines) is 1. The summed E-state index contributed by atoms with van der Waals surface area (Å²) in [5.41, 5.74) is 1.21. The summed E-state index contributed by atoms with van der Waals surface area (Å²) in [4.78, 5) is 14.9. The second-order valence-corrected chi connectivity index (χ2v) is 9.43. The van der Waals surface area contributed by atoms with Gasteiger partial charge in [0.2, 0.25) is 0 Å². The van der Waals surface area contributed by atoms with Crippen molar-refractivity contribution in [2.45, 2.75) is 91.1 Å². The smallest absolute Gasteiger partial charge is 0.257 e. The van der Waals surface area contributed by atoms with Gasteiger partial charge in [-0.05, 0) is 31.6 Å². The normalized spacial score (nSPS) is 25.8. The third-order valence-electron chi connectivity index (χ3n) is 6.04. The molecule has 2 aliphatic rings. The lowest BCUT2D eigenvalue weighted by Gasteiger charge is -2.50. The number of carbonyl (C=O) groups is 1. The van der Waals surface area contributed by atoms with Gasteiger partial charge in [-0.2, -0.15) is 5.10 Å². The van der Waals surface area contributed by atoms with E-state index < -0.39 is 0 Å². The predicted molar refractivity (Wildman–Crippen MR) is 105 cm³/mol. The average molecular weight is 378 g/mol. The molecule has 0 aliphatic carbocycles. The van der Waals surface area contributed by atoms with Crippen LogP contribution in [0.15, 0.2) is 6.20 Å².